The Labute approximate surface area is 145 Å². The Morgan fingerprint density at radius 3 is 2.13 bits per heavy atom. The van der Waals surface area contributed by atoms with Gasteiger partial charge in [-0.2, -0.15) is 0 Å². The molecule has 3 rings (SSSR count). The van der Waals surface area contributed by atoms with Crippen molar-refractivity contribution in [1.82, 2.24) is 0 Å². The normalized spacial score (nSPS) is 10.3. The highest BCUT2D eigenvalue weighted by Gasteiger charge is 2.05. The van der Waals surface area contributed by atoms with Crippen molar-refractivity contribution in [2.75, 3.05) is 5.32 Å². The number of hydrogen-bond acceptors (Lipinski definition) is 2. The fourth-order valence-corrected chi connectivity index (χ4v) is 2.63. The molecule has 0 spiro atoms. The second kappa shape index (κ2) is 7.84. The number of halogens is 1. The zero-order chi connectivity index (χ0) is 15.9. The molecule has 3 aromatic carbocycles. The van der Waals surface area contributed by atoms with Gasteiger partial charge >= 0.3 is 0 Å². The van der Waals surface area contributed by atoms with Crippen LogP contribution < -0.4 is 10.1 Å². The fourth-order valence-electron chi connectivity index (χ4n) is 2.29. The van der Waals surface area contributed by atoms with Gasteiger partial charge in [0.15, 0.2) is 0 Å². The first-order chi connectivity index (χ1) is 11.3. The summed E-state index contributed by atoms with van der Waals surface area (Å²) in [6.45, 7) is 1.32. The van der Waals surface area contributed by atoms with Gasteiger partial charge in [-0.15, -0.1) is 0 Å². The first-order valence-corrected chi connectivity index (χ1v) is 8.34. The van der Waals surface area contributed by atoms with E-state index in [9.17, 15) is 0 Å². The molecule has 3 heteroatoms. The maximum absolute atomic E-state index is 6.00. The van der Waals surface area contributed by atoms with Crippen LogP contribution in [0.3, 0.4) is 0 Å². The van der Waals surface area contributed by atoms with Crippen LogP contribution >= 0.6 is 15.9 Å². The van der Waals surface area contributed by atoms with E-state index in [4.69, 9.17) is 4.74 Å². The fraction of sp³-hybridized carbons (Fsp3) is 0.100. The van der Waals surface area contributed by atoms with Crippen LogP contribution in [-0.4, -0.2) is 0 Å². The highest BCUT2D eigenvalue weighted by Crippen LogP contribution is 2.29. The van der Waals surface area contributed by atoms with Gasteiger partial charge in [-0.1, -0.05) is 76.6 Å². The summed E-state index contributed by atoms with van der Waals surface area (Å²) in [6.07, 6.45) is 0. The minimum absolute atomic E-state index is 0.553. The molecule has 0 radical (unpaired) electrons. The van der Waals surface area contributed by atoms with Gasteiger partial charge in [0.05, 0.1) is 5.69 Å². The highest BCUT2D eigenvalue weighted by molar-refractivity contribution is 9.10. The van der Waals surface area contributed by atoms with Gasteiger partial charge in [0, 0.05) is 11.0 Å². The summed E-state index contributed by atoms with van der Waals surface area (Å²) in [4.78, 5) is 0. The Morgan fingerprint density at radius 1 is 0.783 bits per heavy atom. The molecule has 0 aliphatic rings. The predicted octanol–water partition coefficient (Wildman–Crippen LogP) is 5.64. The quantitative estimate of drug-likeness (QED) is 0.608. The van der Waals surface area contributed by atoms with Crippen LogP contribution in [0.1, 0.15) is 11.1 Å². The van der Waals surface area contributed by atoms with E-state index in [1.807, 2.05) is 54.6 Å². The van der Waals surface area contributed by atoms with Gasteiger partial charge in [-0.05, 0) is 29.3 Å². The predicted molar refractivity (Wildman–Crippen MR) is 98.7 cm³/mol. The molecule has 0 unspecified atom stereocenters. The van der Waals surface area contributed by atoms with Gasteiger partial charge in [0.25, 0.3) is 0 Å². The summed E-state index contributed by atoms with van der Waals surface area (Å²) >= 11 is 3.51. The monoisotopic (exact) mass is 367 g/mol. The standard InChI is InChI=1S/C20H18BrNO/c21-18-11-12-19(22-14-16-7-3-1-4-8-16)20(13-18)23-15-17-9-5-2-6-10-17/h1-13,22H,14-15H2. The Bertz CT molecular complexity index is 744. The third-order valence-corrected chi connectivity index (χ3v) is 4.00. The Morgan fingerprint density at radius 2 is 1.43 bits per heavy atom. The third kappa shape index (κ3) is 4.60. The number of rotatable bonds is 6. The summed E-state index contributed by atoms with van der Waals surface area (Å²) < 4.78 is 7.01. The second-order valence-electron chi connectivity index (χ2n) is 5.25. The summed E-state index contributed by atoms with van der Waals surface area (Å²) in [5, 5.41) is 3.45. The van der Waals surface area contributed by atoms with Crippen molar-refractivity contribution in [1.29, 1.82) is 0 Å². The van der Waals surface area contributed by atoms with Gasteiger partial charge in [-0.3, -0.25) is 0 Å². The van der Waals surface area contributed by atoms with Crippen LogP contribution in [-0.2, 0) is 13.2 Å². The molecular weight excluding hydrogens is 350 g/mol. The largest absolute Gasteiger partial charge is 0.487 e. The van der Waals surface area contributed by atoms with Gasteiger partial charge in [0.2, 0.25) is 0 Å². The molecule has 23 heavy (non-hydrogen) atoms. The van der Waals surface area contributed by atoms with Crippen LogP contribution in [0.25, 0.3) is 0 Å². The van der Waals surface area contributed by atoms with E-state index < -0.39 is 0 Å². The van der Waals surface area contributed by atoms with Crippen molar-refractivity contribution in [3.63, 3.8) is 0 Å². The SMILES string of the molecule is Brc1ccc(NCc2ccccc2)c(OCc2ccccc2)c1. The first kappa shape index (κ1) is 15.6. The highest BCUT2D eigenvalue weighted by atomic mass is 79.9. The molecule has 0 saturated carbocycles. The van der Waals surface area contributed by atoms with Crippen molar-refractivity contribution in [2.45, 2.75) is 13.2 Å². The molecule has 0 heterocycles. The second-order valence-corrected chi connectivity index (χ2v) is 6.17. The number of ether oxygens (including phenoxy) is 1. The van der Waals surface area contributed by atoms with Gasteiger partial charge in [-0.25, -0.2) is 0 Å². The van der Waals surface area contributed by atoms with Crippen LogP contribution in [0.15, 0.2) is 83.3 Å². The van der Waals surface area contributed by atoms with Crippen molar-refractivity contribution in [3.05, 3.63) is 94.5 Å². The van der Waals surface area contributed by atoms with Crippen molar-refractivity contribution in [3.8, 4) is 5.75 Å². The average molecular weight is 368 g/mol. The lowest BCUT2D eigenvalue weighted by Crippen LogP contribution is -2.03. The Kier molecular flexibility index (Phi) is 5.33. The van der Waals surface area contributed by atoms with E-state index in [0.29, 0.717) is 6.61 Å². The molecule has 0 aliphatic carbocycles. The zero-order valence-corrected chi connectivity index (χ0v) is 14.3. The maximum Gasteiger partial charge on any atom is 0.144 e. The van der Waals surface area contributed by atoms with Crippen LogP contribution in [0, 0.1) is 0 Å². The first-order valence-electron chi connectivity index (χ1n) is 7.55. The van der Waals surface area contributed by atoms with Crippen molar-refractivity contribution < 1.29 is 4.74 Å². The van der Waals surface area contributed by atoms with E-state index in [0.717, 1.165) is 28.0 Å². The molecule has 0 bridgehead atoms. The van der Waals surface area contributed by atoms with E-state index in [2.05, 4.69) is 45.5 Å². The molecule has 0 atom stereocenters. The number of nitrogens with one attached hydrogen (secondary N) is 1. The third-order valence-electron chi connectivity index (χ3n) is 3.51. The lowest BCUT2D eigenvalue weighted by molar-refractivity contribution is 0.307. The average Bonchev–Trinajstić information content (AvgIpc) is 2.61. The number of hydrogen-bond donors (Lipinski definition) is 1. The topological polar surface area (TPSA) is 21.3 Å². The summed E-state index contributed by atoms with van der Waals surface area (Å²) in [5.41, 5.74) is 3.39. The maximum atomic E-state index is 6.00. The molecule has 3 aromatic rings. The molecule has 2 nitrogen and oxygen atoms in total. The van der Waals surface area contributed by atoms with E-state index in [1.54, 1.807) is 0 Å². The molecule has 0 fully saturated rings. The van der Waals surface area contributed by atoms with E-state index >= 15 is 0 Å². The van der Waals surface area contributed by atoms with Gasteiger partial charge in [0.1, 0.15) is 12.4 Å². The van der Waals surface area contributed by atoms with Crippen LogP contribution in [0.4, 0.5) is 5.69 Å². The number of anilines is 1. The Hall–Kier alpha value is -2.26. The zero-order valence-electron chi connectivity index (χ0n) is 12.7. The van der Waals surface area contributed by atoms with E-state index in [1.165, 1.54) is 5.56 Å². The molecule has 0 amide bonds. The molecule has 0 aliphatic heterocycles. The molecule has 1 N–H and O–H groups in total. The molecule has 0 saturated heterocycles. The molecule has 116 valence electrons. The lowest BCUT2D eigenvalue weighted by atomic mass is 10.2. The van der Waals surface area contributed by atoms with Crippen LogP contribution in [0.5, 0.6) is 5.75 Å². The number of benzene rings is 3. The van der Waals surface area contributed by atoms with E-state index in [-0.39, 0.29) is 0 Å². The minimum Gasteiger partial charge on any atom is -0.487 e. The van der Waals surface area contributed by atoms with Crippen molar-refractivity contribution >= 4 is 21.6 Å². The summed E-state index contributed by atoms with van der Waals surface area (Å²) in [5.74, 6) is 0.846. The van der Waals surface area contributed by atoms with Gasteiger partial charge < -0.3 is 10.1 Å². The molecular formula is C20H18BrNO. The van der Waals surface area contributed by atoms with Crippen molar-refractivity contribution in [2.24, 2.45) is 0 Å². The lowest BCUT2D eigenvalue weighted by Gasteiger charge is -2.14. The Balaban J connectivity index is 1.70. The van der Waals surface area contributed by atoms with Crippen LogP contribution in [0.2, 0.25) is 0 Å². The summed E-state index contributed by atoms with van der Waals surface area (Å²) in [6, 6.07) is 26.6. The summed E-state index contributed by atoms with van der Waals surface area (Å²) in [7, 11) is 0. The minimum atomic E-state index is 0.553. The smallest absolute Gasteiger partial charge is 0.144 e. The molecule has 0 aromatic heterocycles.